The number of aliphatic hydroxyl groups excluding tert-OH is 1. The summed E-state index contributed by atoms with van der Waals surface area (Å²) in [7, 11) is -8.26. The molecule has 2 aliphatic heterocycles. The Hall–Kier alpha value is -3.60. The zero-order chi connectivity index (χ0) is 29.1. The van der Waals surface area contributed by atoms with Crippen LogP contribution in [-0.4, -0.2) is 45.0 Å². The summed E-state index contributed by atoms with van der Waals surface area (Å²) in [6, 6.07) is 8.27. The lowest BCUT2D eigenvalue weighted by Crippen LogP contribution is -2.43. The van der Waals surface area contributed by atoms with E-state index in [4.69, 9.17) is 11.6 Å². The molecule has 0 spiro atoms. The third-order valence-corrected chi connectivity index (χ3v) is 8.79. The molecule has 206 valence electrons. The minimum Gasteiger partial charge on any atom is -0.509 e. The average molecular weight is 595 g/mol. The number of nitriles is 1. The number of hydrogen-bond acceptors (Lipinski definition) is 8. The number of carbonyl (C=O) groups excluding carboxylic acids is 1. The first-order valence-corrected chi connectivity index (χ1v) is 15.2. The van der Waals surface area contributed by atoms with Crippen molar-refractivity contribution in [3.05, 3.63) is 74.7 Å². The summed E-state index contributed by atoms with van der Waals surface area (Å²) >= 11 is 5.91. The SMILES string of the molecule is CC(C)(C)C1C(O)=C(C2=C(C#N)S(=O)(=O)c3cc(NS(C)(=O)=O)ccc3N2)C(=O)N1Cc1ccc(F)c(Cl)c1. The predicted octanol–water partition coefficient (Wildman–Crippen LogP) is 4.05. The second-order valence-electron chi connectivity index (χ2n) is 10.2. The van der Waals surface area contributed by atoms with Crippen molar-refractivity contribution < 1.29 is 31.1 Å². The Labute approximate surface area is 230 Å². The highest BCUT2D eigenvalue weighted by molar-refractivity contribution is 7.96. The maximum Gasteiger partial charge on any atom is 0.260 e. The van der Waals surface area contributed by atoms with E-state index in [9.17, 15) is 36.4 Å². The Morgan fingerprint density at radius 3 is 2.46 bits per heavy atom. The molecule has 14 heteroatoms. The molecule has 0 saturated carbocycles. The molecule has 1 amide bonds. The van der Waals surface area contributed by atoms with E-state index in [1.54, 1.807) is 26.8 Å². The lowest BCUT2D eigenvalue weighted by Gasteiger charge is -2.35. The standard InChI is InChI=1S/C25H24ClFN4O6S2/c1-25(2,3)23-22(32)20(24(33)31(23)12-13-5-7-16(27)15(26)9-13)21-19(11-28)39(36,37)18-10-14(30-38(4,34)35)6-8-17(18)29-21/h5-10,23,29-30,32H,12H2,1-4H3. The van der Waals surface area contributed by atoms with Crippen molar-refractivity contribution >= 4 is 48.7 Å². The van der Waals surface area contributed by atoms with Crippen LogP contribution in [0.1, 0.15) is 26.3 Å². The monoisotopic (exact) mass is 594 g/mol. The van der Waals surface area contributed by atoms with Gasteiger partial charge in [0.2, 0.25) is 19.9 Å². The maximum absolute atomic E-state index is 13.8. The lowest BCUT2D eigenvalue weighted by atomic mass is 9.85. The zero-order valence-electron chi connectivity index (χ0n) is 21.2. The topological polar surface area (TPSA) is 157 Å². The molecule has 1 atom stereocenters. The summed E-state index contributed by atoms with van der Waals surface area (Å²) in [5.74, 6) is -1.83. The molecule has 1 unspecified atom stereocenters. The van der Waals surface area contributed by atoms with Crippen molar-refractivity contribution in [3.63, 3.8) is 0 Å². The number of sulfonamides is 1. The Morgan fingerprint density at radius 1 is 1.23 bits per heavy atom. The summed E-state index contributed by atoms with van der Waals surface area (Å²) in [6.07, 6.45) is 0.899. The minimum absolute atomic E-state index is 0.0211. The van der Waals surface area contributed by atoms with Gasteiger partial charge in [0, 0.05) is 12.2 Å². The molecule has 0 bridgehead atoms. The van der Waals surface area contributed by atoms with E-state index in [2.05, 4.69) is 10.0 Å². The van der Waals surface area contributed by atoms with Crippen LogP contribution in [0.4, 0.5) is 15.8 Å². The first-order valence-electron chi connectivity index (χ1n) is 11.4. The van der Waals surface area contributed by atoms with Gasteiger partial charge in [-0.2, -0.15) is 5.26 Å². The molecule has 2 aromatic rings. The van der Waals surface area contributed by atoms with Gasteiger partial charge in [-0.25, -0.2) is 21.2 Å². The van der Waals surface area contributed by atoms with Gasteiger partial charge in [0.05, 0.1) is 33.6 Å². The molecule has 10 nitrogen and oxygen atoms in total. The number of aliphatic hydroxyl groups is 1. The van der Waals surface area contributed by atoms with E-state index in [-0.39, 0.29) is 27.8 Å². The fourth-order valence-corrected chi connectivity index (χ4v) is 6.83. The number of rotatable bonds is 5. The van der Waals surface area contributed by atoms with Crippen LogP contribution in [0.15, 0.2) is 63.2 Å². The molecular weight excluding hydrogens is 571 g/mol. The quantitative estimate of drug-likeness (QED) is 0.468. The molecule has 0 radical (unpaired) electrons. The van der Waals surface area contributed by atoms with Gasteiger partial charge in [0.15, 0.2) is 4.91 Å². The fraction of sp³-hybridized carbons (Fsp3) is 0.280. The molecule has 3 N–H and O–H groups in total. The number of sulfone groups is 1. The summed E-state index contributed by atoms with van der Waals surface area (Å²) in [5.41, 5.74) is -1.13. The summed E-state index contributed by atoms with van der Waals surface area (Å²) in [5, 5.41) is 23.8. The van der Waals surface area contributed by atoms with E-state index in [1.165, 1.54) is 29.2 Å². The van der Waals surface area contributed by atoms with Gasteiger partial charge >= 0.3 is 0 Å². The highest BCUT2D eigenvalue weighted by atomic mass is 35.5. The van der Waals surface area contributed by atoms with Gasteiger partial charge in [-0.05, 0) is 41.3 Å². The average Bonchev–Trinajstić information content (AvgIpc) is 3.04. The first-order chi connectivity index (χ1) is 18.0. The van der Waals surface area contributed by atoms with Crippen molar-refractivity contribution in [2.75, 3.05) is 16.3 Å². The van der Waals surface area contributed by atoms with Gasteiger partial charge < -0.3 is 15.3 Å². The molecule has 2 aliphatic rings. The van der Waals surface area contributed by atoms with E-state index in [1.807, 2.05) is 0 Å². The number of nitrogens with zero attached hydrogens (tertiary/aromatic N) is 2. The molecule has 0 aliphatic carbocycles. The van der Waals surface area contributed by atoms with Crippen molar-refractivity contribution in [2.45, 2.75) is 38.3 Å². The summed E-state index contributed by atoms with van der Waals surface area (Å²) in [4.78, 5) is 13.9. The van der Waals surface area contributed by atoms with E-state index in [0.717, 1.165) is 18.4 Å². The highest BCUT2D eigenvalue weighted by Gasteiger charge is 2.49. The first kappa shape index (κ1) is 28.4. The number of nitrogens with one attached hydrogen (secondary N) is 2. The molecule has 2 heterocycles. The number of carbonyl (C=O) groups is 1. The molecule has 0 saturated heterocycles. The molecule has 4 rings (SSSR count). The van der Waals surface area contributed by atoms with Crippen LogP contribution in [0.3, 0.4) is 0 Å². The van der Waals surface area contributed by atoms with Crippen molar-refractivity contribution in [1.29, 1.82) is 5.26 Å². The Morgan fingerprint density at radius 2 is 1.90 bits per heavy atom. The third kappa shape index (κ3) is 5.19. The number of amides is 1. The van der Waals surface area contributed by atoms with Crippen LogP contribution in [0, 0.1) is 22.6 Å². The highest BCUT2D eigenvalue weighted by Crippen LogP contribution is 2.44. The number of benzene rings is 2. The van der Waals surface area contributed by atoms with Crippen molar-refractivity contribution in [2.24, 2.45) is 5.41 Å². The maximum atomic E-state index is 13.8. The fourth-order valence-electron chi connectivity index (χ4n) is 4.62. The van der Waals surface area contributed by atoms with Crippen LogP contribution in [0.25, 0.3) is 0 Å². The number of fused-ring (bicyclic) bond motifs is 1. The molecule has 0 aromatic heterocycles. The van der Waals surface area contributed by atoms with Gasteiger partial charge in [0.1, 0.15) is 23.2 Å². The zero-order valence-corrected chi connectivity index (χ0v) is 23.6. The van der Waals surface area contributed by atoms with Gasteiger partial charge in [0.25, 0.3) is 5.91 Å². The minimum atomic E-state index is -4.54. The van der Waals surface area contributed by atoms with Crippen molar-refractivity contribution in [1.82, 2.24) is 4.90 Å². The molecular formula is C25H24ClFN4O6S2. The number of allylic oxidation sites excluding steroid dienone is 1. The predicted molar refractivity (Wildman–Crippen MR) is 143 cm³/mol. The van der Waals surface area contributed by atoms with Gasteiger partial charge in [-0.1, -0.05) is 38.4 Å². The number of anilines is 2. The van der Waals surface area contributed by atoms with E-state index < -0.39 is 65.0 Å². The summed E-state index contributed by atoms with van der Waals surface area (Å²) in [6.45, 7) is 5.22. The second-order valence-corrected chi connectivity index (χ2v) is 14.3. The van der Waals surface area contributed by atoms with Gasteiger partial charge in [-0.15, -0.1) is 0 Å². The number of hydrogen-bond donors (Lipinski definition) is 3. The molecule has 2 aromatic carbocycles. The van der Waals surface area contributed by atoms with Crippen molar-refractivity contribution in [3.8, 4) is 6.07 Å². The molecule has 0 fully saturated rings. The Bertz CT molecular complexity index is 1740. The van der Waals surface area contributed by atoms with E-state index >= 15 is 0 Å². The largest absolute Gasteiger partial charge is 0.509 e. The lowest BCUT2D eigenvalue weighted by molar-refractivity contribution is -0.129. The van der Waals surface area contributed by atoms with Crippen LogP contribution in [0.2, 0.25) is 5.02 Å². The van der Waals surface area contributed by atoms with Crippen LogP contribution >= 0.6 is 11.6 Å². The molecule has 39 heavy (non-hydrogen) atoms. The Kier molecular flexibility index (Phi) is 6.95. The third-order valence-electron chi connectivity index (χ3n) is 6.14. The van der Waals surface area contributed by atoms with Gasteiger partial charge in [-0.3, -0.25) is 9.52 Å². The summed E-state index contributed by atoms with van der Waals surface area (Å²) < 4.78 is 66.1. The normalized spacial score (nSPS) is 19.1. The van der Waals surface area contributed by atoms with E-state index in [0.29, 0.717) is 5.56 Å². The van der Waals surface area contributed by atoms with Crippen LogP contribution in [0.5, 0.6) is 0 Å². The number of halogens is 2. The smallest absolute Gasteiger partial charge is 0.260 e. The van der Waals surface area contributed by atoms with Crippen LogP contribution in [-0.2, 0) is 31.2 Å². The van der Waals surface area contributed by atoms with Crippen LogP contribution < -0.4 is 10.0 Å². The second kappa shape index (κ2) is 9.55. The Balaban J connectivity index is 1.85.